The van der Waals surface area contributed by atoms with E-state index < -0.39 is 8.56 Å². The Hall–Kier alpha value is 0.0669. The van der Waals surface area contributed by atoms with Gasteiger partial charge in [0.05, 0.1) is 6.67 Å². The Bertz CT molecular complexity index is 205. The third-order valence-electron chi connectivity index (χ3n) is 3.54. The first-order valence-electron chi connectivity index (χ1n) is 7.95. The Morgan fingerprint density at radius 1 is 1.00 bits per heavy atom. The largest absolute Gasteiger partial charge is 0.395 e. The fourth-order valence-electron chi connectivity index (χ4n) is 2.24. The topological polar surface area (TPSA) is 18.5 Å². The summed E-state index contributed by atoms with van der Waals surface area (Å²) >= 11 is 0. The molecule has 2 atom stereocenters. The van der Waals surface area contributed by atoms with Crippen molar-refractivity contribution in [1.29, 1.82) is 0 Å². The van der Waals surface area contributed by atoms with Gasteiger partial charge in [0, 0.05) is 12.7 Å². The van der Waals surface area contributed by atoms with E-state index in [1.54, 1.807) is 0 Å². The zero-order chi connectivity index (χ0) is 14.6. The van der Waals surface area contributed by atoms with Crippen LogP contribution in [0.3, 0.4) is 0 Å². The molecule has 0 aliphatic rings. The molecule has 2 unspecified atom stereocenters. The van der Waals surface area contributed by atoms with E-state index in [9.17, 15) is 4.39 Å². The number of hydrogen-bond donors (Lipinski definition) is 0. The Labute approximate surface area is 120 Å². The normalized spacial score (nSPS) is 16.3. The third-order valence-corrected chi connectivity index (χ3v) is 6.62. The monoisotopic (exact) mass is 292 g/mol. The SMILES string of the molecule is CCO[Si](C)(CC)OC(C)CCCCCCCCF. The van der Waals surface area contributed by atoms with Gasteiger partial charge >= 0.3 is 8.56 Å². The molecule has 0 N–H and O–H groups in total. The smallest absolute Gasteiger partial charge is 0.334 e. The lowest BCUT2D eigenvalue weighted by Crippen LogP contribution is -2.40. The number of alkyl halides is 1. The van der Waals surface area contributed by atoms with Gasteiger partial charge in [-0.05, 0) is 39.3 Å². The molecule has 0 aromatic heterocycles. The average molecular weight is 293 g/mol. The molecule has 0 radical (unpaired) electrons. The standard InChI is InChI=1S/C15H33FO2Si/c1-5-17-19(4,6-2)18-15(3)13-11-9-7-8-10-12-14-16/h15H,5-14H2,1-4H3. The lowest BCUT2D eigenvalue weighted by molar-refractivity contribution is 0.124. The summed E-state index contributed by atoms with van der Waals surface area (Å²) in [6.45, 7) is 9.08. The van der Waals surface area contributed by atoms with E-state index in [0.717, 1.165) is 31.9 Å². The lowest BCUT2D eigenvalue weighted by Gasteiger charge is -2.29. The highest BCUT2D eigenvalue weighted by Crippen LogP contribution is 2.18. The molecule has 116 valence electrons. The Balaban J connectivity index is 3.60. The molecule has 0 heterocycles. The van der Waals surface area contributed by atoms with E-state index in [-0.39, 0.29) is 6.67 Å². The highest BCUT2D eigenvalue weighted by Gasteiger charge is 2.30. The molecule has 0 saturated heterocycles. The predicted octanol–water partition coefficient (Wildman–Crippen LogP) is 5.22. The van der Waals surface area contributed by atoms with Crippen molar-refractivity contribution in [3.8, 4) is 0 Å². The minimum atomic E-state index is -1.91. The molecule has 2 nitrogen and oxygen atoms in total. The van der Waals surface area contributed by atoms with Gasteiger partial charge in [0.1, 0.15) is 0 Å². The molecule has 0 amide bonds. The summed E-state index contributed by atoms with van der Waals surface area (Å²) in [4.78, 5) is 0. The molecule has 0 aliphatic heterocycles. The minimum Gasteiger partial charge on any atom is -0.395 e. The van der Waals surface area contributed by atoms with Crippen LogP contribution in [0.2, 0.25) is 12.6 Å². The fraction of sp³-hybridized carbons (Fsp3) is 1.00. The van der Waals surface area contributed by atoms with Crippen LogP contribution in [-0.4, -0.2) is 27.9 Å². The second-order valence-corrected chi connectivity index (χ2v) is 8.95. The van der Waals surface area contributed by atoms with Gasteiger partial charge in [0.2, 0.25) is 0 Å². The molecule has 4 heteroatoms. The number of unbranched alkanes of at least 4 members (excludes halogenated alkanes) is 5. The molecule has 0 aromatic rings. The number of halogens is 1. The van der Waals surface area contributed by atoms with Crippen molar-refractivity contribution in [1.82, 2.24) is 0 Å². The summed E-state index contributed by atoms with van der Waals surface area (Å²) in [5.41, 5.74) is 0. The zero-order valence-electron chi connectivity index (χ0n) is 13.3. The van der Waals surface area contributed by atoms with E-state index in [1.165, 1.54) is 25.7 Å². The first kappa shape index (κ1) is 19.1. The van der Waals surface area contributed by atoms with Crippen molar-refractivity contribution < 1.29 is 13.2 Å². The van der Waals surface area contributed by atoms with Crippen LogP contribution in [0.25, 0.3) is 0 Å². The van der Waals surface area contributed by atoms with E-state index in [2.05, 4.69) is 20.4 Å². The van der Waals surface area contributed by atoms with Crippen molar-refractivity contribution in [3.63, 3.8) is 0 Å². The Morgan fingerprint density at radius 2 is 1.58 bits per heavy atom. The van der Waals surface area contributed by atoms with Crippen LogP contribution < -0.4 is 0 Å². The van der Waals surface area contributed by atoms with Gasteiger partial charge in [-0.2, -0.15) is 0 Å². The number of hydrogen-bond acceptors (Lipinski definition) is 2. The van der Waals surface area contributed by atoms with Gasteiger partial charge < -0.3 is 8.85 Å². The van der Waals surface area contributed by atoms with Crippen LogP contribution in [0.15, 0.2) is 0 Å². The van der Waals surface area contributed by atoms with Crippen LogP contribution in [-0.2, 0) is 8.85 Å². The Kier molecular flexibility index (Phi) is 11.9. The van der Waals surface area contributed by atoms with Gasteiger partial charge in [0.15, 0.2) is 0 Å². The fourth-order valence-corrected chi connectivity index (χ4v) is 4.26. The van der Waals surface area contributed by atoms with E-state index in [0.29, 0.717) is 6.10 Å². The molecule has 0 saturated carbocycles. The van der Waals surface area contributed by atoms with Crippen molar-refractivity contribution in [2.24, 2.45) is 0 Å². The molecule has 0 fully saturated rings. The van der Waals surface area contributed by atoms with Crippen molar-refractivity contribution in [2.75, 3.05) is 13.3 Å². The maximum absolute atomic E-state index is 11.9. The summed E-state index contributed by atoms with van der Waals surface area (Å²) in [5, 5.41) is 0. The van der Waals surface area contributed by atoms with Gasteiger partial charge in [0.25, 0.3) is 0 Å². The maximum Gasteiger partial charge on any atom is 0.334 e. The van der Waals surface area contributed by atoms with Crippen LogP contribution in [0.1, 0.15) is 65.7 Å². The quantitative estimate of drug-likeness (QED) is 0.342. The van der Waals surface area contributed by atoms with Crippen molar-refractivity contribution in [2.45, 2.75) is 84.4 Å². The van der Waals surface area contributed by atoms with Crippen LogP contribution in [0.5, 0.6) is 0 Å². The highest BCUT2D eigenvalue weighted by molar-refractivity contribution is 6.65. The lowest BCUT2D eigenvalue weighted by atomic mass is 10.1. The molecule has 0 rings (SSSR count). The first-order chi connectivity index (χ1) is 9.08. The predicted molar refractivity (Wildman–Crippen MR) is 82.6 cm³/mol. The summed E-state index contributed by atoms with van der Waals surface area (Å²) in [6, 6.07) is 1.01. The Morgan fingerprint density at radius 3 is 2.11 bits per heavy atom. The third kappa shape index (κ3) is 10.5. The van der Waals surface area contributed by atoms with E-state index in [4.69, 9.17) is 8.85 Å². The second-order valence-electron chi connectivity index (χ2n) is 5.45. The van der Waals surface area contributed by atoms with Gasteiger partial charge in [-0.3, -0.25) is 4.39 Å². The van der Waals surface area contributed by atoms with Gasteiger partial charge in [-0.1, -0.05) is 39.0 Å². The molecule has 0 bridgehead atoms. The number of rotatable bonds is 13. The molecular formula is C15H33FO2Si. The molecular weight excluding hydrogens is 259 g/mol. The van der Waals surface area contributed by atoms with E-state index >= 15 is 0 Å². The van der Waals surface area contributed by atoms with Gasteiger partial charge in [-0.15, -0.1) is 0 Å². The van der Waals surface area contributed by atoms with Crippen LogP contribution in [0.4, 0.5) is 4.39 Å². The molecule has 0 aromatic carbocycles. The summed E-state index contributed by atoms with van der Waals surface area (Å²) in [6.07, 6.45) is 8.01. The van der Waals surface area contributed by atoms with Gasteiger partial charge in [-0.25, -0.2) is 0 Å². The van der Waals surface area contributed by atoms with Crippen molar-refractivity contribution in [3.05, 3.63) is 0 Å². The summed E-state index contributed by atoms with van der Waals surface area (Å²) in [7, 11) is -1.91. The zero-order valence-corrected chi connectivity index (χ0v) is 14.3. The molecule has 0 spiro atoms. The summed E-state index contributed by atoms with van der Waals surface area (Å²) < 4.78 is 23.8. The second kappa shape index (κ2) is 11.9. The van der Waals surface area contributed by atoms with Crippen LogP contribution in [0, 0.1) is 0 Å². The molecule has 19 heavy (non-hydrogen) atoms. The average Bonchev–Trinajstić information content (AvgIpc) is 2.38. The highest BCUT2D eigenvalue weighted by atomic mass is 28.4. The maximum atomic E-state index is 11.9. The van der Waals surface area contributed by atoms with Crippen molar-refractivity contribution >= 4 is 8.56 Å². The first-order valence-corrected chi connectivity index (χ1v) is 10.5. The minimum absolute atomic E-state index is 0.164. The van der Waals surface area contributed by atoms with Crippen LogP contribution >= 0.6 is 0 Å². The molecule has 0 aliphatic carbocycles. The summed E-state index contributed by atoms with van der Waals surface area (Å²) in [5.74, 6) is 0. The van der Waals surface area contributed by atoms with E-state index in [1.807, 2.05) is 6.92 Å².